The highest BCUT2D eigenvalue weighted by Crippen LogP contribution is 2.39. The van der Waals surface area contributed by atoms with Gasteiger partial charge in [-0.05, 0) is 62.3 Å². The monoisotopic (exact) mass is 350 g/mol. The highest BCUT2D eigenvalue weighted by atomic mass is 79.9. The van der Waals surface area contributed by atoms with Crippen LogP contribution in [-0.4, -0.2) is 24.0 Å². The summed E-state index contributed by atoms with van der Waals surface area (Å²) in [7, 11) is 0. The van der Waals surface area contributed by atoms with Gasteiger partial charge in [0.05, 0.1) is 0 Å². The molecule has 1 saturated heterocycles. The van der Waals surface area contributed by atoms with Gasteiger partial charge in [0.25, 0.3) is 0 Å². The molecule has 1 aromatic carbocycles. The molecule has 0 bridgehead atoms. The van der Waals surface area contributed by atoms with Crippen LogP contribution in [0.3, 0.4) is 0 Å². The molecule has 3 rings (SSSR count). The Morgan fingerprint density at radius 1 is 1.24 bits per heavy atom. The molecular formula is C18H27BrN2. The van der Waals surface area contributed by atoms with Crippen molar-refractivity contribution in [3.05, 3.63) is 33.8 Å². The topological polar surface area (TPSA) is 29.3 Å². The zero-order chi connectivity index (χ0) is 14.8. The van der Waals surface area contributed by atoms with Gasteiger partial charge in [-0.15, -0.1) is 0 Å². The van der Waals surface area contributed by atoms with Gasteiger partial charge in [0.2, 0.25) is 0 Å². The highest BCUT2D eigenvalue weighted by Gasteiger charge is 2.36. The molecule has 2 unspecified atom stereocenters. The molecule has 2 nitrogen and oxygen atoms in total. The second-order valence-electron chi connectivity index (χ2n) is 6.75. The van der Waals surface area contributed by atoms with E-state index < -0.39 is 0 Å². The van der Waals surface area contributed by atoms with E-state index >= 15 is 0 Å². The molecule has 116 valence electrons. The number of likely N-dealkylation sites (tertiary alicyclic amines) is 1. The Morgan fingerprint density at radius 3 is 2.67 bits per heavy atom. The van der Waals surface area contributed by atoms with Crippen molar-refractivity contribution in [3.8, 4) is 0 Å². The lowest BCUT2D eigenvalue weighted by Crippen LogP contribution is -2.40. The molecule has 2 N–H and O–H groups in total. The first-order chi connectivity index (χ1) is 10.2. The predicted molar refractivity (Wildman–Crippen MR) is 92.4 cm³/mol. The maximum Gasteiger partial charge on any atom is 0.0473 e. The summed E-state index contributed by atoms with van der Waals surface area (Å²) >= 11 is 3.67. The first kappa shape index (κ1) is 15.5. The zero-order valence-electron chi connectivity index (χ0n) is 13.0. The van der Waals surface area contributed by atoms with Crippen molar-refractivity contribution >= 4 is 15.9 Å². The SMILES string of the molecule is Cc1ccc(C(CN)N2CCCC2C2CCCC2)cc1Br. The molecule has 2 aliphatic rings. The van der Waals surface area contributed by atoms with Crippen molar-refractivity contribution in [1.82, 2.24) is 4.90 Å². The van der Waals surface area contributed by atoms with Crippen LogP contribution in [0, 0.1) is 12.8 Å². The van der Waals surface area contributed by atoms with Crippen LogP contribution in [0.1, 0.15) is 55.7 Å². The summed E-state index contributed by atoms with van der Waals surface area (Å²) in [5.74, 6) is 0.912. The Bertz CT molecular complexity index is 482. The summed E-state index contributed by atoms with van der Waals surface area (Å²) in [4.78, 5) is 2.72. The quantitative estimate of drug-likeness (QED) is 0.871. The fourth-order valence-electron chi connectivity index (χ4n) is 4.33. The molecule has 1 aliphatic carbocycles. The van der Waals surface area contributed by atoms with Crippen molar-refractivity contribution in [2.24, 2.45) is 11.7 Å². The van der Waals surface area contributed by atoms with Crippen LogP contribution in [0.25, 0.3) is 0 Å². The molecule has 2 fully saturated rings. The number of rotatable bonds is 4. The van der Waals surface area contributed by atoms with Crippen LogP contribution < -0.4 is 5.73 Å². The van der Waals surface area contributed by atoms with E-state index in [2.05, 4.69) is 46.0 Å². The van der Waals surface area contributed by atoms with Crippen molar-refractivity contribution < 1.29 is 0 Å². The van der Waals surface area contributed by atoms with E-state index in [0.29, 0.717) is 6.04 Å². The number of nitrogens with two attached hydrogens (primary N) is 1. The Balaban J connectivity index is 1.82. The van der Waals surface area contributed by atoms with Crippen LogP contribution in [0.15, 0.2) is 22.7 Å². The van der Waals surface area contributed by atoms with Crippen molar-refractivity contribution in [2.75, 3.05) is 13.1 Å². The first-order valence-electron chi connectivity index (χ1n) is 8.42. The lowest BCUT2D eigenvalue weighted by atomic mass is 9.93. The molecule has 1 aromatic rings. The van der Waals surface area contributed by atoms with Gasteiger partial charge in [-0.2, -0.15) is 0 Å². The first-order valence-corrected chi connectivity index (χ1v) is 9.22. The largest absolute Gasteiger partial charge is 0.329 e. The lowest BCUT2D eigenvalue weighted by Gasteiger charge is -2.36. The van der Waals surface area contributed by atoms with E-state index in [1.807, 2.05) is 0 Å². The van der Waals surface area contributed by atoms with Crippen molar-refractivity contribution in [3.63, 3.8) is 0 Å². The van der Waals surface area contributed by atoms with Gasteiger partial charge in [-0.3, -0.25) is 4.90 Å². The standard InChI is InChI=1S/C18H27BrN2/c1-13-8-9-15(11-16(13)19)18(12-20)21-10-4-7-17(21)14-5-2-3-6-14/h8-9,11,14,17-18H,2-7,10,12,20H2,1H3. The average Bonchev–Trinajstić information content (AvgIpc) is 3.14. The van der Waals surface area contributed by atoms with E-state index in [1.165, 1.54) is 60.7 Å². The average molecular weight is 351 g/mol. The number of benzene rings is 1. The summed E-state index contributed by atoms with van der Waals surface area (Å²) in [5, 5.41) is 0. The lowest BCUT2D eigenvalue weighted by molar-refractivity contribution is 0.138. The van der Waals surface area contributed by atoms with Gasteiger partial charge in [0.15, 0.2) is 0 Å². The summed E-state index contributed by atoms with van der Waals surface area (Å²) in [6.07, 6.45) is 8.42. The minimum atomic E-state index is 0.384. The Labute approximate surface area is 137 Å². The zero-order valence-corrected chi connectivity index (χ0v) is 14.6. The molecule has 0 amide bonds. The van der Waals surface area contributed by atoms with Gasteiger partial charge in [-0.25, -0.2) is 0 Å². The summed E-state index contributed by atoms with van der Waals surface area (Å²) in [5.41, 5.74) is 8.85. The third kappa shape index (κ3) is 3.20. The van der Waals surface area contributed by atoms with Gasteiger partial charge in [0, 0.05) is 23.1 Å². The van der Waals surface area contributed by atoms with Crippen molar-refractivity contribution in [2.45, 2.75) is 57.5 Å². The molecule has 1 aliphatic heterocycles. The molecule has 1 heterocycles. The van der Waals surface area contributed by atoms with Crippen LogP contribution in [0.4, 0.5) is 0 Å². The Morgan fingerprint density at radius 2 is 2.00 bits per heavy atom. The van der Waals surface area contributed by atoms with Gasteiger partial charge in [0.1, 0.15) is 0 Å². The summed E-state index contributed by atoms with van der Waals surface area (Å²) < 4.78 is 1.20. The Hall–Kier alpha value is -0.380. The number of aryl methyl sites for hydroxylation is 1. The highest BCUT2D eigenvalue weighted by molar-refractivity contribution is 9.10. The maximum atomic E-state index is 6.18. The predicted octanol–water partition coefficient (Wildman–Crippen LogP) is 4.41. The second-order valence-corrected chi connectivity index (χ2v) is 7.61. The molecule has 1 saturated carbocycles. The van der Waals surface area contributed by atoms with Crippen LogP contribution in [0.5, 0.6) is 0 Å². The minimum Gasteiger partial charge on any atom is -0.329 e. The Kier molecular flexibility index (Phi) is 5.03. The third-order valence-corrected chi connectivity index (χ3v) is 6.34. The van der Waals surface area contributed by atoms with E-state index in [9.17, 15) is 0 Å². The molecule has 0 aromatic heterocycles. The van der Waals surface area contributed by atoms with E-state index in [4.69, 9.17) is 5.73 Å². The smallest absolute Gasteiger partial charge is 0.0473 e. The van der Waals surface area contributed by atoms with E-state index in [-0.39, 0.29) is 0 Å². The van der Waals surface area contributed by atoms with E-state index in [1.54, 1.807) is 0 Å². The summed E-state index contributed by atoms with van der Waals surface area (Å²) in [6, 6.07) is 7.90. The molecular weight excluding hydrogens is 324 g/mol. The van der Waals surface area contributed by atoms with Gasteiger partial charge in [-0.1, -0.05) is 40.9 Å². The second kappa shape index (κ2) is 6.80. The number of halogens is 1. The van der Waals surface area contributed by atoms with Crippen molar-refractivity contribution in [1.29, 1.82) is 0 Å². The fraction of sp³-hybridized carbons (Fsp3) is 0.667. The molecule has 0 radical (unpaired) electrons. The van der Waals surface area contributed by atoms with Crippen LogP contribution >= 0.6 is 15.9 Å². The van der Waals surface area contributed by atoms with Gasteiger partial charge < -0.3 is 5.73 Å². The van der Waals surface area contributed by atoms with Gasteiger partial charge >= 0.3 is 0 Å². The number of hydrogen-bond acceptors (Lipinski definition) is 2. The molecule has 2 atom stereocenters. The molecule has 3 heteroatoms. The number of hydrogen-bond donors (Lipinski definition) is 1. The third-order valence-electron chi connectivity index (χ3n) is 5.49. The number of nitrogens with zero attached hydrogens (tertiary/aromatic N) is 1. The summed E-state index contributed by atoms with van der Waals surface area (Å²) in [6.45, 7) is 4.08. The maximum absolute atomic E-state index is 6.18. The van der Waals surface area contributed by atoms with E-state index in [0.717, 1.165) is 18.5 Å². The van der Waals surface area contributed by atoms with Crippen LogP contribution in [-0.2, 0) is 0 Å². The molecule has 0 spiro atoms. The fourth-order valence-corrected chi connectivity index (χ4v) is 4.73. The molecule has 21 heavy (non-hydrogen) atoms. The normalized spacial score (nSPS) is 25.6. The minimum absolute atomic E-state index is 0.384. The van der Waals surface area contributed by atoms with Crippen LogP contribution in [0.2, 0.25) is 0 Å².